The van der Waals surface area contributed by atoms with E-state index in [2.05, 4.69) is 39.2 Å². The smallest absolute Gasteiger partial charge is 0.0553 e. The van der Waals surface area contributed by atoms with Crippen LogP contribution in [0.3, 0.4) is 0 Å². The Bertz CT molecular complexity index is 96.1. The molecule has 0 N–H and O–H groups in total. The van der Waals surface area contributed by atoms with Gasteiger partial charge in [0, 0.05) is 14.8 Å². The van der Waals surface area contributed by atoms with E-state index in [1.807, 2.05) is 0 Å². The topological polar surface area (TPSA) is 9.23 Å². The third-order valence-corrected chi connectivity index (χ3v) is 2.44. The molecule has 0 aromatic rings. The molecule has 0 bridgehead atoms. The van der Waals surface area contributed by atoms with Gasteiger partial charge in [-0.2, -0.15) is 0 Å². The molecule has 0 aliphatic rings. The first-order valence-corrected chi connectivity index (χ1v) is 5.59. The van der Waals surface area contributed by atoms with Crippen molar-refractivity contribution < 1.29 is 4.52 Å². The van der Waals surface area contributed by atoms with Crippen LogP contribution in [0.5, 0.6) is 0 Å². The standard InChI is InChI=1S/C8H18BrOP/c1-8(2,7-10-11)5-3-4-6-9/h3-7,11H2,1-2H3. The van der Waals surface area contributed by atoms with E-state index in [1.54, 1.807) is 0 Å². The molecule has 0 aliphatic carbocycles. The maximum Gasteiger partial charge on any atom is 0.0553 e. The summed E-state index contributed by atoms with van der Waals surface area (Å²) in [7, 11) is 2.31. The summed E-state index contributed by atoms with van der Waals surface area (Å²) in [4.78, 5) is 0. The number of rotatable bonds is 6. The Hall–Kier alpha value is 0.870. The number of halogens is 1. The van der Waals surface area contributed by atoms with Gasteiger partial charge in [-0.15, -0.1) is 0 Å². The van der Waals surface area contributed by atoms with Crippen molar-refractivity contribution >= 4 is 25.4 Å². The maximum absolute atomic E-state index is 5.04. The quantitative estimate of drug-likeness (QED) is 0.393. The van der Waals surface area contributed by atoms with Crippen molar-refractivity contribution in [3.8, 4) is 0 Å². The lowest BCUT2D eigenvalue weighted by atomic mass is 9.88. The molecule has 11 heavy (non-hydrogen) atoms. The van der Waals surface area contributed by atoms with Gasteiger partial charge in [-0.1, -0.05) is 36.2 Å². The van der Waals surface area contributed by atoms with Gasteiger partial charge in [-0.05, 0) is 18.3 Å². The fourth-order valence-electron chi connectivity index (χ4n) is 0.996. The molecule has 0 heterocycles. The van der Waals surface area contributed by atoms with Crippen LogP contribution in [0, 0.1) is 5.41 Å². The van der Waals surface area contributed by atoms with Crippen molar-refractivity contribution in [3.63, 3.8) is 0 Å². The van der Waals surface area contributed by atoms with Crippen molar-refractivity contribution in [2.45, 2.75) is 33.1 Å². The molecule has 0 spiro atoms. The number of hydrogen-bond donors (Lipinski definition) is 0. The van der Waals surface area contributed by atoms with Crippen molar-refractivity contribution in [2.24, 2.45) is 5.41 Å². The van der Waals surface area contributed by atoms with E-state index >= 15 is 0 Å². The first-order valence-electron chi connectivity index (χ1n) is 4.00. The van der Waals surface area contributed by atoms with Gasteiger partial charge in [0.1, 0.15) is 0 Å². The van der Waals surface area contributed by atoms with E-state index in [4.69, 9.17) is 4.52 Å². The molecule has 0 amide bonds. The second-order valence-corrected chi connectivity index (χ2v) is 4.75. The molecule has 0 aromatic heterocycles. The fraction of sp³-hybridized carbons (Fsp3) is 1.00. The monoisotopic (exact) mass is 240 g/mol. The summed E-state index contributed by atoms with van der Waals surface area (Å²) in [6.07, 6.45) is 3.79. The van der Waals surface area contributed by atoms with Gasteiger partial charge in [0.2, 0.25) is 0 Å². The first kappa shape index (κ1) is 11.9. The molecule has 0 saturated carbocycles. The minimum Gasteiger partial charge on any atom is -0.365 e. The highest BCUT2D eigenvalue weighted by molar-refractivity contribution is 9.09. The minimum atomic E-state index is 0.337. The lowest BCUT2D eigenvalue weighted by Crippen LogP contribution is -2.16. The Balaban J connectivity index is 3.38. The summed E-state index contributed by atoms with van der Waals surface area (Å²) in [5.74, 6) is 0. The first-order chi connectivity index (χ1) is 5.12. The number of hydrogen-bond acceptors (Lipinski definition) is 1. The van der Waals surface area contributed by atoms with Crippen LogP contribution in [-0.4, -0.2) is 11.9 Å². The van der Waals surface area contributed by atoms with E-state index in [0.717, 1.165) is 11.9 Å². The van der Waals surface area contributed by atoms with Crippen molar-refractivity contribution in [1.29, 1.82) is 0 Å². The van der Waals surface area contributed by atoms with Crippen LogP contribution in [0.25, 0.3) is 0 Å². The summed E-state index contributed by atoms with van der Waals surface area (Å²) in [6.45, 7) is 5.32. The number of unbranched alkanes of at least 4 members (excludes halogenated alkanes) is 1. The van der Waals surface area contributed by atoms with Crippen molar-refractivity contribution in [2.75, 3.05) is 11.9 Å². The Labute approximate surface area is 80.7 Å². The Morgan fingerprint density at radius 2 is 2.00 bits per heavy atom. The summed E-state index contributed by atoms with van der Waals surface area (Å²) in [5, 5.41) is 1.12. The molecule has 1 atom stereocenters. The van der Waals surface area contributed by atoms with E-state index in [-0.39, 0.29) is 0 Å². The lowest BCUT2D eigenvalue weighted by Gasteiger charge is -2.22. The lowest BCUT2D eigenvalue weighted by molar-refractivity contribution is 0.188. The zero-order chi connectivity index (χ0) is 8.74. The van der Waals surface area contributed by atoms with Gasteiger partial charge in [0.15, 0.2) is 0 Å². The Morgan fingerprint density at radius 3 is 2.45 bits per heavy atom. The second-order valence-electron chi connectivity index (χ2n) is 3.62. The van der Waals surface area contributed by atoms with Crippen LogP contribution < -0.4 is 0 Å². The van der Waals surface area contributed by atoms with Gasteiger partial charge in [0.05, 0.1) is 6.61 Å². The van der Waals surface area contributed by atoms with Gasteiger partial charge in [-0.25, -0.2) is 0 Å². The highest BCUT2D eigenvalue weighted by atomic mass is 79.9. The van der Waals surface area contributed by atoms with E-state index in [1.165, 1.54) is 19.3 Å². The molecule has 1 nitrogen and oxygen atoms in total. The predicted octanol–water partition coefficient (Wildman–Crippen LogP) is 3.38. The van der Waals surface area contributed by atoms with Gasteiger partial charge in [0.25, 0.3) is 0 Å². The van der Waals surface area contributed by atoms with Crippen LogP contribution in [0.1, 0.15) is 33.1 Å². The molecule has 0 radical (unpaired) electrons. The van der Waals surface area contributed by atoms with Crippen LogP contribution in [0.4, 0.5) is 0 Å². The average Bonchev–Trinajstić information content (AvgIpc) is 1.87. The summed E-state index contributed by atoms with van der Waals surface area (Å²) in [6, 6.07) is 0. The number of alkyl halides is 1. The molecular formula is C8H18BrOP. The molecule has 3 heteroatoms. The molecule has 1 unspecified atom stereocenters. The van der Waals surface area contributed by atoms with Crippen LogP contribution in [0.2, 0.25) is 0 Å². The highest BCUT2D eigenvalue weighted by Crippen LogP contribution is 2.24. The molecule has 0 saturated heterocycles. The van der Waals surface area contributed by atoms with Crippen LogP contribution in [-0.2, 0) is 4.52 Å². The molecule has 0 aromatic carbocycles. The Morgan fingerprint density at radius 1 is 1.36 bits per heavy atom. The third-order valence-electron chi connectivity index (χ3n) is 1.71. The zero-order valence-electron chi connectivity index (χ0n) is 7.40. The molecule has 0 aliphatic heterocycles. The molecule has 68 valence electrons. The third kappa shape index (κ3) is 7.24. The largest absolute Gasteiger partial charge is 0.365 e. The SMILES string of the molecule is CC(C)(CCCCBr)COP. The minimum absolute atomic E-state index is 0.337. The Kier molecular flexibility index (Phi) is 6.90. The fourth-order valence-corrected chi connectivity index (χ4v) is 1.84. The van der Waals surface area contributed by atoms with Crippen LogP contribution in [0.15, 0.2) is 0 Å². The van der Waals surface area contributed by atoms with Crippen molar-refractivity contribution in [3.05, 3.63) is 0 Å². The van der Waals surface area contributed by atoms with Gasteiger partial charge >= 0.3 is 0 Å². The molecular weight excluding hydrogens is 223 g/mol. The second kappa shape index (κ2) is 6.39. The van der Waals surface area contributed by atoms with Gasteiger partial charge in [-0.3, -0.25) is 0 Å². The summed E-state index contributed by atoms with van der Waals surface area (Å²) in [5.41, 5.74) is 0.337. The zero-order valence-corrected chi connectivity index (χ0v) is 10.1. The average molecular weight is 241 g/mol. The predicted molar refractivity (Wildman–Crippen MR) is 57.1 cm³/mol. The highest BCUT2D eigenvalue weighted by Gasteiger charge is 2.16. The molecule has 0 fully saturated rings. The maximum atomic E-state index is 5.04. The summed E-state index contributed by atoms with van der Waals surface area (Å²) >= 11 is 3.42. The van der Waals surface area contributed by atoms with Gasteiger partial charge < -0.3 is 4.52 Å². The molecule has 0 rings (SSSR count). The summed E-state index contributed by atoms with van der Waals surface area (Å²) < 4.78 is 5.04. The van der Waals surface area contributed by atoms with E-state index in [0.29, 0.717) is 5.41 Å². The van der Waals surface area contributed by atoms with Crippen LogP contribution >= 0.6 is 25.4 Å². The van der Waals surface area contributed by atoms with E-state index in [9.17, 15) is 0 Å². The van der Waals surface area contributed by atoms with Crippen molar-refractivity contribution in [1.82, 2.24) is 0 Å². The van der Waals surface area contributed by atoms with E-state index < -0.39 is 0 Å². The normalized spacial score (nSPS) is 12.0.